The maximum Gasteiger partial charge on any atom is 1.00 e. The van der Waals surface area contributed by atoms with E-state index < -0.39 is 7.82 Å². The summed E-state index contributed by atoms with van der Waals surface area (Å²) in [4.78, 5) is 21.6. The third-order valence-corrected chi connectivity index (χ3v) is 3.67. The van der Waals surface area contributed by atoms with Gasteiger partial charge >= 0.3 is 66.9 Å². The average Bonchev–Trinajstić information content (AvgIpc) is 2.49. The third kappa shape index (κ3) is 50.1. The van der Waals surface area contributed by atoms with Crippen LogP contribution in [-0.2, 0) is 4.57 Å². The van der Waals surface area contributed by atoms with Crippen LogP contribution >= 0.6 is 7.82 Å². The Bertz CT molecular complexity index is 314. The first-order valence-corrected chi connectivity index (χ1v) is 11.0. The van der Waals surface area contributed by atoms with Crippen molar-refractivity contribution in [1.82, 2.24) is 0 Å². The number of aliphatic hydroxyl groups excluding tert-OH is 1. The van der Waals surface area contributed by atoms with Crippen LogP contribution in [0.1, 0.15) is 99.7 Å². The van der Waals surface area contributed by atoms with E-state index in [4.69, 9.17) is 24.4 Å². The quantitative estimate of drug-likeness (QED) is 0.123. The molecule has 0 aliphatic carbocycles. The summed E-state index contributed by atoms with van der Waals surface area (Å²) in [6.45, 7) is 2.64. The van der Waals surface area contributed by atoms with Crippen molar-refractivity contribution in [3.05, 3.63) is 12.2 Å². The molecule has 0 unspecified atom stereocenters. The van der Waals surface area contributed by atoms with Gasteiger partial charge < -0.3 is 22.6 Å². The fraction of sp³-hybridized carbons (Fsp3) is 0.889. The molecule has 0 bridgehead atoms. The summed E-state index contributed by atoms with van der Waals surface area (Å²) < 4.78 is 8.88. The second-order valence-corrected chi connectivity index (χ2v) is 7.20. The van der Waals surface area contributed by atoms with Gasteiger partial charge in [0.2, 0.25) is 0 Å². The van der Waals surface area contributed by atoms with Crippen molar-refractivity contribution >= 4 is 7.82 Å². The van der Waals surface area contributed by atoms with Gasteiger partial charge in [-0.2, -0.15) is 0 Å². The van der Waals surface area contributed by atoms with E-state index >= 15 is 0 Å². The van der Waals surface area contributed by atoms with E-state index in [1.165, 1.54) is 83.5 Å². The summed E-state index contributed by atoms with van der Waals surface area (Å²) >= 11 is 0. The Labute approximate surface area is 208 Å². The molecule has 0 radical (unpaired) electrons. The molecule has 0 heterocycles. The van der Waals surface area contributed by atoms with Gasteiger partial charge in [0.1, 0.15) is 0 Å². The van der Waals surface area contributed by atoms with Crippen LogP contribution < -0.4 is 59.1 Å². The molecule has 0 spiro atoms. The van der Waals surface area contributed by atoms with Gasteiger partial charge in [0.25, 0.3) is 0 Å². The molecular formula is C18H41Na2O5P. The first-order chi connectivity index (χ1) is 11.4. The molecule has 26 heavy (non-hydrogen) atoms. The minimum atomic E-state index is -4.64. The van der Waals surface area contributed by atoms with Gasteiger partial charge in [-0.05, 0) is 32.1 Å². The molecule has 0 aliphatic rings. The molecule has 0 atom stereocenters. The first kappa shape index (κ1) is 35.3. The maximum atomic E-state index is 8.88. The zero-order valence-corrected chi connectivity index (χ0v) is 22.3. The Morgan fingerprint density at radius 2 is 1.00 bits per heavy atom. The molecule has 0 amide bonds. The molecule has 4 N–H and O–H groups in total. The summed E-state index contributed by atoms with van der Waals surface area (Å²) in [7, 11) is -4.64. The summed E-state index contributed by atoms with van der Waals surface area (Å²) in [5.41, 5.74) is 0. The van der Waals surface area contributed by atoms with Gasteiger partial charge in [0.15, 0.2) is 0 Å². The minimum Gasteiger partial charge on any atom is -1.00 e. The number of aliphatic hydroxyl groups is 1. The normalized spacial score (nSPS) is 10.7. The van der Waals surface area contributed by atoms with Crippen molar-refractivity contribution in [2.45, 2.75) is 96.8 Å². The maximum absolute atomic E-state index is 8.88. The Hall–Kier alpha value is 1.81. The van der Waals surface area contributed by atoms with Crippen molar-refractivity contribution < 1.29 is 86.3 Å². The van der Waals surface area contributed by atoms with E-state index in [0.717, 1.165) is 6.42 Å². The second kappa shape index (κ2) is 29.0. The van der Waals surface area contributed by atoms with Gasteiger partial charge in [-0.15, -0.1) is 0 Å². The van der Waals surface area contributed by atoms with Crippen molar-refractivity contribution in [3.63, 3.8) is 0 Å². The van der Waals surface area contributed by atoms with Crippen LogP contribution in [0.5, 0.6) is 0 Å². The van der Waals surface area contributed by atoms with E-state index in [2.05, 4.69) is 19.1 Å². The van der Waals surface area contributed by atoms with E-state index in [1.54, 1.807) is 0 Å². The number of phosphoric acid groups is 1. The first-order valence-electron chi connectivity index (χ1n) is 9.46. The second-order valence-electron chi connectivity index (χ2n) is 6.17. The Morgan fingerprint density at radius 3 is 1.35 bits per heavy atom. The number of allylic oxidation sites excluding steroid dienone is 2. The summed E-state index contributed by atoms with van der Waals surface area (Å²) in [6.07, 6.45) is 23.2. The predicted molar refractivity (Wildman–Crippen MR) is 103 cm³/mol. The van der Waals surface area contributed by atoms with Crippen LogP contribution in [0.3, 0.4) is 0 Å². The minimum absolute atomic E-state index is 0. The SMILES string of the molecule is CCCCCCCC/C=C\CCCCCCCCO.O=P(O)(O)O.[H-].[H-].[Na+].[Na+]. The molecule has 0 rings (SSSR count). The molecule has 0 fully saturated rings. The van der Waals surface area contributed by atoms with Crippen LogP contribution in [-0.4, -0.2) is 26.4 Å². The van der Waals surface area contributed by atoms with Gasteiger partial charge in [0.05, 0.1) is 0 Å². The predicted octanol–water partition coefficient (Wildman–Crippen LogP) is -0.679. The van der Waals surface area contributed by atoms with Crippen molar-refractivity contribution in [3.8, 4) is 0 Å². The van der Waals surface area contributed by atoms with Crippen LogP contribution in [0.4, 0.5) is 0 Å². The smallest absolute Gasteiger partial charge is 1.00 e. The largest absolute Gasteiger partial charge is 1.00 e. The van der Waals surface area contributed by atoms with Crippen molar-refractivity contribution in [2.75, 3.05) is 6.61 Å². The Morgan fingerprint density at radius 1 is 0.692 bits per heavy atom. The van der Waals surface area contributed by atoms with Gasteiger partial charge in [-0.1, -0.05) is 76.9 Å². The standard InChI is InChI=1S/C18H36O.2Na.H3O4P.2H/c1-2-3-4-5-6-7-8-9-10-11-12-13-14-15-16-17-18-19;;;1-5(2,3)4;;/h9-10,19H,2-8,11-18H2,1H3;;;(H3,1,2,3,4);;/q;2*+1;;2*-1/b10-9-;;;;;. The van der Waals surface area contributed by atoms with E-state index in [0.29, 0.717) is 6.61 Å². The summed E-state index contributed by atoms with van der Waals surface area (Å²) in [5.74, 6) is 0. The van der Waals surface area contributed by atoms with Gasteiger partial charge in [0, 0.05) is 6.61 Å². The van der Waals surface area contributed by atoms with Gasteiger partial charge in [-0.25, -0.2) is 4.57 Å². The molecule has 8 heteroatoms. The third-order valence-electron chi connectivity index (χ3n) is 3.67. The number of hydrogen-bond donors (Lipinski definition) is 4. The average molecular weight is 414 g/mol. The van der Waals surface area contributed by atoms with Crippen molar-refractivity contribution in [1.29, 1.82) is 0 Å². The van der Waals surface area contributed by atoms with E-state index in [9.17, 15) is 0 Å². The zero-order chi connectivity index (χ0) is 18.5. The fourth-order valence-electron chi connectivity index (χ4n) is 2.36. The molecule has 0 aromatic heterocycles. The molecule has 5 nitrogen and oxygen atoms in total. The number of rotatable bonds is 15. The van der Waals surface area contributed by atoms with E-state index in [1.807, 2.05) is 0 Å². The number of unbranched alkanes of at least 4 members (excludes halogenated alkanes) is 12. The van der Waals surface area contributed by atoms with Crippen LogP contribution in [0.15, 0.2) is 12.2 Å². The zero-order valence-electron chi connectivity index (χ0n) is 19.4. The van der Waals surface area contributed by atoms with Crippen molar-refractivity contribution in [2.24, 2.45) is 0 Å². The van der Waals surface area contributed by atoms with Gasteiger partial charge in [-0.3, -0.25) is 0 Å². The van der Waals surface area contributed by atoms with Crippen LogP contribution in [0.25, 0.3) is 0 Å². The molecule has 0 aliphatic heterocycles. The van der Waals surface area contributed by atoms with Crippen LogP contribution in [0.2, 0.25) is 0 Å². The molecule has 0 aromatic carbocycles. The monoisotopic (exact) mass is 414 g/mol. The molecule has 0 saturated carbocycles. The fourth-order valence-corrected chi connectivity index (χ4v) is 2.36. The Balaban J connectivity index is -0.000000120. The molecule has 0 saturated heterocycles. The molecule has 150 valence electrons. The molecule has 0 aromatic rings. The molecular weight excluding hydrogens is 373 g/mol. The number of hydrogen-bond acceptors (Lipinski definition) is 2. The summed E-state index contributed by atoms with van der Waals surface area (Å²) in [5, 5.41) is 8.66. The van der Waals surface area contributed by atoms with Crippen LogP contribution in [0, 0.1) is 0 Å². The van der Waals surface area contributed by atoms with E-state index in [-0.39, 0.29) is 62.0 Å². The Kier molecular flexibility index (Phi) is 39.3. The summed E-state index contributed by atoms with van der Waals surface area (Å²) in [6, 6.07) is 0. The topological polar surface area (TPSA) is 98.0 Å².